The van der Waals surface area contributed by atoms with Gasteiger partial charge in [0.15, 0.2) is 11.6 Å². The maximum Gasteiger partial charge on any atom is 0.183 e. The first kappa shape index (κ1) is 14.7. The van der Waals surface area contributed by atoms with Crippen molar-refractivity contribution >= 4 is 5.69 Å². The molecule has 5 heteroatoms. The van der Waals surface area contributed by atoms with Crippen LogP contribution >= 0.6 is 0 Å². The molecule has 0 saturated carbocycles. The molecule has 0 spiro atoms. The molecule has 1 unspecified atom stereocenters. The molecule has 0 radical (unpaired) electrons. The Labute approximate surface area is 118 Å². The number of benzene rings is 1. The van der Waals surface area contributed by atoms with Gasteiger partial charge in [0.05, 0.1) is 11.3 Å². The van der Waals surface area contributed by atoms with Gasteiger partial charge < -0.3 is 10.2 Å². The van der Waals surface area contributed by atoms with E-state index in [0.717, 1.165) is 19.5 Å². The van der Waals surface area contributed by atoms with Gasteiger partial charge in [0.2, 0.25) is 0 Å². The lowest BCUT2D eigenvalue weighted by molar-refractivity contribution is 0.266. The maximum absolute atomic E-state index is 13.7. The smallest absolute Gasteiger partial charge is 0.183 e. The summed E-state index contributed by atoms with van der Waals surface area (Å²) < 4.78 is 27.2. The Hall–Kier alpha value is -1.67. The summed E-state index contributed by atoms with van der Waals surface area (Å²) >= 11 is 0. The Bertz CT molecular complexity index is 523. The van der Waals surface area contributed by atoms with Crippen molar-refractivity contribution in [2.45, 2.75) is 26.3 Å². The number of hydrogen-bond acceptors (Lipinski definition) is 3. The third-order valence-corrected chi connectivity index (χ3v) is 3.83. The molecule has 20 heavy (non-hydrogen) atoms. The quantitative estimate of drug-likeness (QED) is 0.921. The molecule has 1 fully saturated rings. The van der Waals surface area contributed by atoms with Crippen LogP contribution in [0.4, 0.5) is 14.5 Å². The fourth-order valence-electron chi connectivity index (χ4n) is 2.52. The van der Waals surface area contributed by atoms with E-state index in [2.05, 4.69) is 24.1 Å². The Balaban J connectivity index is 1.96. The average Bonchev–Trinajstić information content (AvgIpc) is 2.89. The van der Waals surface area contributed by atoms with E-state index in [4.69, 9.17) is 5.26 Å². The molecule has 1 aliphatic heterocycles. The number of nitrogens with one attached hydrogen (secondary N) is 1. The second-order valence-corrected chi connectivity index (χ2v) is 5.52. The Morgan fingerprint density at radius 3 is 2.75 bits per heavy atom. The van der Waals surface area contributed by atoms with E-state index in [9.17, 15) is 8.78 Å². The predicted molar refractivity (Wildman–Crippen MR) is 74.4 cm³/mol. The summed E-state index contributed by atoms with van der Waals surface area (Å²) in [7, 11) is 0. The van der Waals surface area contributed by atoms with Crippen LogP contribution in [0.5, 0.6) is 0 Å². The van der Waals surface area contributed by atoms with Crippen LogP contribution in [0.3, 0.4) is 0 Å². The highest BCUT2D eigenvalue weighted by Gasteiger charge is 2.24. The van der Waals surface area contributed by atoms with Crippen molar-refractivity contribution in [3.63, 3.8) is 0 Å². The van der Waals surface area contributed by atoms with Crippen LogP contribution in [0.15, 0.2) is 12.1 Å². The van der Waals surface area contributed by atoms with Gasteiger partial charge in [-0.25, -0.2) is 8.78 Å². The van der Waals surface area contributed by atoms with Gasteiger partial charge in [-0.15, -0.1) is 0 Å². The summed E-state index contributed by atoms with van der Waals surface area (Å²) in [4.78, 5) is 2.38. The van der Waals surface area contributed by atoms with Crippen molar-refractivity contribution in [1.29, 1.82) is 5.26 Å². The SMILES string of the molecule is CC(C)N1CCC(CNc2ccc(C#N)c(F)c2F)C1. The molecule has 1 aromatic carbocycles. The van der Waals surface area contributed by atoms with Crippen LogP contribution in [0.25, 0.3) is 0 Å². The molecule has 1 heterocycles. The fraction of sp³-hybridized carbons (Fsp3) is 0.533. The van der Waals surface area contributed by atoms with Gasteiger partial charge in [-0.2, -0.15) is 5.26 Å². The maximum atomic E-state index is 13.7. The van der Waals surface area contributed by atoms with Crippen molar-refractivity contribution in [1.82, 2.24) is 4.90 Å². The minimum absolute atomic E-state index is 0.129. The highest BCUT2D eigenvalue weighted by molar-refractivity contribution is 5.49. The molecular formula is C15H19F2N3. The number of hydrogen-bond donors (Lipinski definition) is 1. The van der Waals surface area contributed by atoms with Gasteiger partial charge in [0, 0.05) is 19.1 Å². The first-order valence-corrected chi connectivity index (χ1v) is 6.89. The van der Waals surface area contributed by atoms with Crippen LogP contribution in [0, 0.1) is 28.9 Å². The average molecular weight is 279 g/mol. The number of nitriles is 1. The zero-order valence-electron chi connectivity index (χ0n) is 11.8. The van der Waals surface area contributed by atoms with Gasteiger partial charge in [-0.1, -0.05) is 0 Å². The minimum atomic E-state index is -1.08. The molecule has 1 atom stereocenters. The summed E-state index contributed by atoms with van der Waals surface area (Å²) in [6.45, 7) is 6.96. The summed E-state index contributed by atoms with van der Waals surface area (Å²) in [5.41, 5.74) is -0.135. The van der Waals surface area contributed by atoms with Crippen molar-refractivity contribution in [3.05, 3.63) is 29.3 Å². The van der Waals surface area contributed by atoms with E-state index in [1.165, 1.54) is 12.1 Å². The highest BCUT2D eigenvalue weighted by Crippen LogP contribution is 2.23. The topological polar surface area (TPSA) is 39.1 Å². The molecule has 0 amide bonds. The van der Waals surface area contributed by atoms with Crippen molar-refractivity contribution in [3.8, 4) is 6.07 Å². The molecule has 1 N–H and O–H groups in total. The van der Waals surface area contributed by atoms with Crippen LogP contribution in [-0.2, 0) is 0 Å². The molecule has 0 aliphatic carbocycles. The second-order valence-electron chi connectivity index (χ2n) is 5.52. The zero-order valence-corrected chi connectivity index (χ0v) is 11.8. The molecule has 1 aromatic rings. The van der Waals surface area contributed by atoms with Gasteiger partial charge in [0.25, 0.3) is 0 Å². The lowest BCUT2D eigenvalue weighted by Gasteiger charge is -2.20. The van der Waals surface area contributed by atoms with Gasteiger partial charge in [0.1, 0.15) is 6.07 Å². The summed E-state index contributed by atoms with van der Waals surface area (Å²) in [5.74, 6) is -1.61. The Kier molecular flexibility index (Phi) is 4.56. The third-order valence-electron chi connectivity index (χ3n) is 3.83. The Morgan fingerprint density at radius 2 is 2.15 bits per heavy atom. The molecule has 0 bridgehead atoms. The molecule has 2 rings (SSSR count). The lowest BCUT2D eigenvalue weighted by Crippen LogP contribution is -2.29. The molecule has 0 aromatic heterocycles. The predicted octanol–water partition coefficient (Wildman–Crippen LogP) is 2.98. The van der Waals surface area contributed by atoms with E-state index in [-0.39, 0.29) is 11.3 Å². The minimum Gasteiger partial charge on any atom is -0.382 e. The van der Waals surface area contributed by atoms with E-state index < -0.39 is 11.6 Å². The normalized spacial score (nSPS) is 19.3. The first-order chi connectivity index (χ1) is 9.52. The van der Waals surface area contributed by atoms with Crippen molar-refractivity contribution < 1.29 is 8.78 Å². The van der Waals surface area contributed by atoms with E-state index in [0.29, 0.717) is 18.5 Å². The van der Waals surface area contributed by atoms with E-state index in [1.807, 2.05) is 0 Å². The van der Waals surface area contributed by atoms with Crippen LogP contribution in [-0.4, -0.2) is 30.6 Å². The van der Waals surface area contributed by atoms with E-state index >= 15 is 0 Å². The van der Waals surface area contributed by atoms with Gasteiger partial charge >= 0.3 is 0 Å². The monoisotopic (exact) mass is 279 g/mol. The van der Waals surface area contributed by atoms with Crippen molar-refractivity contribution in [2.24, 2.45) is 5.92 Å². The van der Waals surface area contributed by atoms with E-state index in [1.54, 1.807) is 6.07 Å². The number of nitrogens with zero attached hydrogens (tertiary/aromatic N) is 2. The molecular weight excluding hydrogens is 260 g/mol. The zero-order chi connectivity index (χ0) is 14.7. The molecule has 108 valence electrons. The Morgan fingerprint density at radius 1 is 1.40 bits per heavy atom. The van der Waals surface area contributed by atoms with Crippen LogP contribution < -0.4 is 5.32 Å². The number of anilines is 1. The second kappa shape index (κ2) is 6.19. The van der Waals surface area contributed by atoms with Gasteiger partial charge in [-0.05, 0) is 44.9 Å². The molecule has 1 aliphatic rings. The van der Waals surface area contributed by atoms with Crippen LogP contribution in [0.1, 0.15) is 25.8 Å². The number of rotatable bonds is 4. The fourth-order valence-corrected chi connectivity index (χ4v) is 2.52. The van der Waals surface area contributed by atoms with Gasteiger partial charge in [-0.3, -0.25) is 0 Å². The molecule has 3 nitrogen and oxygen atoms in total. The summed E-state index contributed by atoms with van der Waals surface area (Å²) in [6, 6.07) is 4.87. The summed E-state index contributed by atoms with van der Waals surface area (Å²) in [6.07, 6.45) is 1.06. The molecule has 1 saturated heterocycles. The van der Waals surface area contributed by atoms with Crippen LogP contribution in [0.2, 0.25) is 0 Å². The third kappa shape index (κ3) is 3.07. The first-order valence-electron chi connectivity index (χ1n) is 6.89. The highest BCUT2D eigenvalue weighted by atomic mass is 19.2. The number of likely N-dealkylation sites (tertiary alicyclic amines) is 1. The largest absolute Gasteiger partial charge is 0.382 e. The standard InChI is InChI=1S/C15H19F2N3/c1-10(2)20-6-5-11(9-20)8-19-13-4-3-12(7-18)14(16)15(13)17/h3-4,10-11,19H,5-6,8-9H2,1-2H3. The number of halogens is 2. The lowest BCUT2D eigenvalue weighted by atomic mass is 10.1. The van der Waals surface area contributed by atoms with Crippen molar-refractivity contribution in [2.75, 3.05) is 25.0 Å². The summed E-state index contributed by atoms with van der Waals surface area (Å²) in [5, 5.41) is 11.6.